The van der Waals surface area contributed by atoms with E-state index in [1.165, 1.54) is 19.3 Å². The number of benzene rings is 1. The summed E-state index contributed by atoms with van der Waals surface area (Å²) in [4.78, 5) is 1.62. The summed E-state index contributed by atoms with van der Waals surface area (Å²) < 4.78 is 28.3. The van der Waals surface area contributed by atoms with Crippen molar-refractivity contribution in [1.29, 1.82) is 0 Å². The SMILES string of the molecule is CN(CC1CCCCC1)c1c(F)cc(C(N)=NO)cc1F. The molecule has 0 aliphatic heterocycles. The van der Waals surface area contributed by atoms with Gasteiger partial charge in [0, 0.05) is 19.2 Å². The van der Waals surface area contributed by atoms with Crippen LogP contribution < -0.4 is 10.6 Å². The standard InChI is InChI=1S/C15H21F2N3O/c1-20(9-10-5-3-2-4-6-10)14-12(16)7-11(8-13(14)17)15(18)19-21/h7-8,10,21H,2-6,9H2,1H3,(H2,18,19). The molecular weight excluding hydrogens is 276 g/mol. The molecule has 116 valence electrons. The summed E-state index contributed by atoms with van der Waals surface area (Å²) in [5.74, 6) is -1.23. The Morgan fingerprint density at radius 3 is 2.38 bits per heavy atom. The van der Waals surface area contributed by atoms with Gasteiger partial charge in [0.25, 0.3) is 0 Å². The van der Waals surface area contributed by atoms with Crippen molar-refractivity contribution in [3.63, 3.8) is 0 Å². The molecular formula is C15H21F2N3O. The molecule has 3 N–H and O–H groups in total. The maximum Gasteiger partial charge on any atom is 0.170 e. The quantitative estimate of drug-likeness (QED) is 0.388. The predicted octanol–water partition coefficient (Wildman–Crippen LogP) is 3.08. The minimum absolute atomic E-state index is 0.0299. The van der Waals surface area contributed by atoms with E-state index in [4.69, 9.17) is 10.9 Å². The van der Waals surface area contributed by atoms with E-state index in [9.17, 15) is 8.78 Å². The summed E-state index contributed by atoms with van der Waals surface area (Å²) in [5, 5.41) is 11.3. The van der Waals surface area contributed by atoms with Crippen LogP contribution in [0.15, 0.2) is 17.3 Å². The van der Waals surface area contributed by atoms with Gasteiger partial charge in [0.15, 0.2) is 5.84 Å². The molecule has 0 aromatic heterocycles. The fourth-order valence-electron chi connectivity index (χ4n) is 2.98. The predicted molar refractivity (Wildman–Crippen MR) is 78.7 cm³/mol. The van der Waals surface area contributed by atoms with E-state index in [-0.39, 0.29) is 17.1 Å². The second kappa shape index (κ2) is 6.74. The zero-order valence-electron chi connectivity index (χ0n) is 12.1. The van der Waals surface area contributed by atoms with Crippen LogP contribution in [-0.4, -0.2) is 24.6 Å². The minimum atomic E-state index is -0.699. The largest absolute Gasteiger partial charge is 0.409 e. The van der Waals surface area contributed by atoms with Crippen LogP contribution in [-0.2, 0) is 0 Å². The monoisotopic (exact) mass is 297 g/mol. The Labute approximate surface area is 123 Å². The molecule has 1 aliphatic carbocycles. The highest BCUT2D eigenvalue weighted by Crippen LogP contribution is 2.29. The van der Waals surface area contributed by atoms with Gasteiger partial charge in [-0.3, -0.25) is 0 Å². The van der Waals surface area contributed by atoms with E-state index >= 15 is 0 Å². The van der Waals surface area contributed by atoms with Crippen LogP contribution in [0.1, 0.15) is 37.7 Å². The van der Waals surface area contributed by atoms with Crippen LogP contribution in [0.5, 0.6) is 0 Å². The molecule has 21 heavy (non-hydrogen) atoms. The van der Waals surface area contributed by atoms with Crippen molar-refractivity contribution in [2.45, 2.75) is 32.1 Å². The summed E-state index contributed by atoms with van der Waals surface area (Å²) >= 11 is 0. The van der Waals surface area contributed by atoms with Crippen molar-refractivity contribution >= 4 is 11.5 Å². The third-order valence-electron chi connectivity index (χ3n) is 4.06. The fourth-order valence-corrected chi connectivity index (χ4v) is 2.98. The zero-order chi connectivity index (χ0) is 15.4. The first kappa shape index (κ1) is 15.5. The van der Waals surface area contributed by atoms with E-state index in [2.05, 4.69) is 5.16 Å². The van der Waals surface area contributed by atoms with Crippen molar-refractivity contribution in [3.8, 4) is 0 Å². The van der Waals surface area contributed by atoms with Gasteiger partial charge in [-0.1, -0.05) is 24.4 Å². The molecule has 1 aromatic rings. The van der Waals surface area contributed by atoms with Crippen LogP contribution in [0.25, 0.3) is 0 Å². The van der Waals surface area contributed by atoms with Gasteiger partial charge < -0.3 is 15.8 Å². The van der Waals surface area contributed by atoms with Gasteiger partial charge in [-0.2, -0.15) is 0 Å². The van der Waals surface area contributed by atoms with Crippen molar-refractivity contribution < 1.29 is 14.0 Å². The molecule has 0 spiro atoms. The normalized spacial score (nSPS) is 17.0. The molecule has 6 heteroatoms. The Balaban J connectivity index is 2.18. The maximum absolute atomic E-state index is 14.1. The number of anilines is 1. The van der Waals surface area contributed by atoms with Crippen molar-refractivity contribution in [1.82, 2.24) is 0 Å². The highest BCUT2D eigenvalue weighted by Gasteiger charge is 2.21. The lowest BCUT2D eigenvalue weighted by atomic mass is 9.89. The Kier molecular flexibility index (Phi) is 4.98. The second-order valence-corrected chi connectivity index (χ2v) is 5.66. The lowest BCUT2D eigenvalue weighted by molar-refractivity contribution is 0.318. The molecule has 4 nitrogen and oxygen atoms in total. The Bertz CT molecular complexity index is 505. The topological polar surface area (TPSA) is 61.8 Å². The molecule has 0 amide bonds. The molecule has 1 fully saturated rings. The molecule has 1 saturated carbocycles. The van der Waals surface area contributed by atoms with Gasteiger partial charge in [-0.25, -0.2) is 8.78 Å². The maximum atomic E-state index is 14.1. The second-order valence-electron chi connectivity index (χ2n) is 5.66. The van der Waals surface area contributed by atoms with Crippen molar-refractivity contribution in [2.75, 3.05) is 18.5 Å². The van der Waals surface area contributed by atoms with E-state index < -0.39 is 11.6 Å². The third-order valence-corrected chi connectivity index (χ3v) is 4.06. The summed E-state index contributed by atoms with van der Waals surface area (Å²) in [6.07, 6.45) is 5.83. The Hall–Kier alpha value is -1.85. The molecule has 0 bridgehead atoms. The lowest BCUT2D eigenvalue weighted by Gasteiger charge is -2.29. The fraction of sp³-hybridized carbons (Fsp3) is 0.533. The number of nitrogens with two attached hydrogens (primary N) is 1. The highest BCUT2D eigenvalue weighted by atomic mass is 19.1. The van der Waals surface area contributed by atoms with E-state index in [0.29, 0.717) is 12.5 Å². The van der Waals surface area contributed by atoms with E-state index in [1.54, 1.807) is 11.9 Å². The highest BCUT2D eigenvalue weighted by molar-refractivity contribution is 5.97. The van der Waals surface area contributed by atoms with Crippen LogP contribution >= 0.6 is 0 Å². The average Bonchev–Trinajstić information content (AvgIpc) is 2.46. The van der Waals surface area contributed by atoms with Crippen molar-refractivity contribution in [2.24, 2.45) is 16.8 Å². The molecule has 0 atom stereocenters. The summed E-state index contributed by atoms with van der Waals surface area (Å²) in [6.45, 7) is 0.636. The number of rotatable bonds is 4. The zero-order valence-corrected chi connectivity index (χ0v) is 12.1. The molecule has 0 saturated heterocycles. The lowest BCUT2D eigenvalue weighted by Crippen LogP contribution is -2.28. The van der Waals surface area contributed by atoms with Gasteiger partial charge in [0.05, 0.1) is 0 Å². The first-order chi connectivity index (χ1) is 10.0. The van der Waals surface area contributed by atoms with Crippen LogP contribution in [0.2, 0.25) is 0 Å². The van der Waals surface area contributed by atoms with Crippen LogP contribution in [0.3, 0.4) is 0 Å². The molecule has 0 heterocycles. The number of hydrogen-bond donors (Lipinski definition) is 2. The molecule has 0 radical (unpaired) electrons. The van der Waals surface area contributed by atoms with Crippen molar-refractivity contribution in [3.05, 3.63) is 29.3 Å². The smallest absolute Gasteiger partial charge is 0.170 e. The summed E-state index contributed by atoms with van der Waals surface area (Å²) in [6, 6.07) is 2.18. The van der Waals surface area contributed by atoms with E-state index in [0.717, 1.165) is 25.0 Å². The van der Waals surface area contributed by atoms with Gasteiger partial charge >= 0.3 is 0 Å². The van der Waals surface area contributed by atoms with Crippen LogP contribution in [0, 0.1) is 17.6 Å². The number of oxime groups is 1. The number of halogens is 2. The average molecular weight is 297 g/mol. The summed E-state index contributed by atoms with van der Waals surface area (Å²) in [5.41, 5.74) is 5.33. The van der Waals surface area contributed by atoms with E-state index in [1.807, 2.05) is 0 Å². The Morgan fingerprint density at radius 1 is 1.29 bits per heavy atom. The molecule has 1 aliphatic rings. The number of amidine groups is 1. The molecule has 2 rings (SSSR count). The first-order valence-corrected chi connectivity index (χ1v) is 7.21. The summed E-state index contributed by atoms with van der Waals surface area (Å²) in [7, 11) is 1.69. The Morgan fingerprint density at radius 2 is 1.86 bits per heavy atom. The third kappa shape index (κ3) is 3.62. The minimum Gasteiger partial charge on any atom is -0.409 e. The van der Waals surface area contributed by atoms with Gasteiger partial charge in [-0.05, 0) is 30.9 Å². The van der Waals surface area contributed by atoms with Gasteiger partial charge in [-0.15, -0.1) is 0 Å². The molecule has 1 aromatic carbocycles. The molecule has 0 unspecified atom stereocenters. The first-order valence-electron chi connectivity index (χ1n) is 7.21. The van der Waals surface area contributed by atoms with Crippen LogP contribution in [0.4, 0.5) is 14.5 Å². The van der Waals surface area contributed by atoms with Gasteiger partial charge in [0.1, 0.15) is 17.3 Å². The number of nitrogens with zero attached hydrogens (tertiary/aromatic N) is 2. The number of hydrogen-bond acceptors (Lipinski definition) is 3. The van der Waals surface area contributed by atoms with Gasteiger partial charge in [0.2, 0.25) is 0 Å².